The molecule has 0 bridgehead atoms. The summed E-state index contributed by atoms with van der Waals surface area (Å²) in [6.07, 6.45) is 0. The van der Waals surface area contributed by atoms with Crippen LogP contribution in [0.2, 0.25) is 5.02 Å². The standard InChI is InChI=1S/C6H5ClO3S.C6H5NO5S/c7-5-1-3-6(4-2-5)11(8,9)10;8-7(9)5-1-3-6(4-2-5)13(10,11)12/h1-4H,(H,8,9,10);1-4H,(H,10,11,12). The second kappa shape index (κ2) is 7.68. The van der Waals surface area contributed by atoms with Crippen molar-refractivity contribution in [3.8, 4) is 0 Å². The molecule has 24 heavy (non-hydrogen) atoms. The Hall–Kier alpha value is -2.05. The number of nitro benzene ring substituents is 1. The van der Waals surface area contributed by atoms with Gasteiger partial charge in [0.2, 0.25) is 0 Å². The number of non-ortho nitro benzene ring substituents is 1. The third-order valence-corrected chi connectivity index (χ3v) is 4.44. The van der Waals surface area contributed by atoms with E-state index in [9.17, 15) is 26.9 Å². The number of hydrogen-bond donors (Lipinski definition) is 2. The summed E-state index contributed by atoms with van der Waals surface area (Å²) in [4.78, 5) is 8.98. The summed E-state index contributed by atoms with van der Waals surface area (Å²) in [5.41, 5.74) is -0.229. The van der Waals surface area contributed by atoms with Crippen LogP contribution in [0.15, 0.2) is 58.3 Å². The Morgan fingerprint density at radius 2 is 1.12 bits per heavy atom. The minimum atomic E-state index is -4.27. The van der Waals surface area contributed by atoms with Gasteiger partial charge in [-0.15, -0.1) is 0 Å². The molecular weight excluding hydrogens is 386 g/mol. The summed E-state index contributed by atoms with van der Waals surface area (Å²) in [5.74, 6) is 0. The van der Waals surface area contributed by atoms with Gasteiger partial charge in [0.1, 0.15) is 0 Å². The third kappa shape index (κ3) is 6.22. The van der Waals surface area contributed by atoms with Crippen LogP contribution in [0.1, 0.15) is 0 Å². The molecule has 2 aromatic rings. The van der Waals surface area contributed by atoms with Crippen LogP contribution in [0.25, 0.3) is 0 Å². The van der Waals surface area contributed by atoms with E-state index in [4.69, 9.17) is 20.7 Å². The largest absolute Gasteiger partial charge is 0.294 e. The summed E-state index contributed by atoms with van der Waals surface area (Å²) >= 11 is 5.49. The maximum atomic E-state index is 10.5. The molecule has 0 aliphatic rings. The zero-order valence-electron chi connectivity index (χ0n) is 11.6. The Kier molecular flexibility index (Phi) is 6.40. The van der Waals surface area contributed by atoms with E-state index in [2.05, 4.69) is 0 Å². The minimum absolute atomic E-state index is 0.151. The summed E-state index contributed by atoms with van der Waals surface area (Å²) in [6.45, 7) is 0. The van der Waals surface area contributed by atoms with Gasteiger partial charge in [-0.25, -0.2) is 0 Å². The molecule has 0 saturated carbocycles. The Morgan fingerprint density at radius 3 is 1.42 bits per heavy atom. The zero-order chi connectivity index (χ0) is 18.5. The van der Waals surface area contributed by atoms with Crippen molar-refractivity contribution in [2.45, 2.75) is 9.79 Å². The molecule has 12 heteroatoms. The van der Waals surface area contributed by atoms with Crippen molar-refractivity contribution in [1.82, 2.24) is 0 Å². The molecule has 0 aliphatic heterocycles. The van der Waals surface area contributed by atoms with E-state index in [1.165, 1.54) is 24.3 Å². The van der Waals surface area contributed by atoms with Gasteiger partial charge in [-0.05, 0) is 36.4 Å². The topological polar surface area (TPSA) is 152 Å². The highest BCUT2D eigenvalue weighted by Gasteiger charge is 2.11. The average molecular weight is 396 g/mol. The van der Waals surface area contributed by atoms with E-state index in [0.29, 0.717) is 5.02 Å². The zero-order valence-corrected chi connectivity index (χ0v) is 14.0. The van der Waals surface area contributed by atoms with Gasteiger partial charge in [0.05, 0.1) is 14.7 Å². The monoisotopic (exact) mass is 395 g/mol. The number of hydrogen-bond acceptors (Lipinski definition) is 6. The molecule has 0 fully saturated rings. The molecule has 130 valence electrons. The molecule has 0 aromatic heterocycles. The second-order valence-electron chi connectivity index (χ2n) is 4.16. The molecular formula is C12H10ClNO8S2. The maximum absolute atomic E-state index is 10.5. The summed E-state index contributed by atoms with van der Waals surface area (Å²) < 4.78 is 58.9. The molecule has 2 N–H and O–H groups in total. The van der Waals surface area contributed by atoms with Crippen molar-refractivity contribution in [2.24, 2.45) is 0 Å². The molecule has 0 aliphatic carbocycles. The molecule has 0 radical (unpaired) electrons. The van der Waals surface area contributed by atoms with Gasteiger partial charge in [-0.1, -0.05) is 11.6 Å². The lowest BCUT2D eigenvalue weighted by molar-refractivity contribution is -0.384. The quantitative estimate of drug-likeness (QED) is 0.456. The van der Waals surface area contributed by atoms with E-state index < -0.39 is 25.2 Å². The van der Waals surface area contributed by atoms with E-state index in [0.717, 1.165) is 24.3 Å². The van der Waals surface area contributed by atoms with Crippen LogP contribution in [0.4, 0.5) is 5.69 Å². The fourth-order valence-corrected chi connectivity index (χ4v) is 2.43. The molecule has 0 atom stereocenters. The summed E-state index contributed by atoms with van der Waals surface area (Å²) in [5, 5.41) is 10.6. The van der Waals surface area contributed by atoms with Crippen LogP contribution in [0.5, 0.6) is 0 Å². The van der Waals surface area contributed by atoms with Crippen LogP contribution in [0.3, 0.4) is 0 Å². The van der Waals surface area contributed by atoms with Crippen LogP contribution >= 0.6 is 11.6 Å². The van der Waals surface area contributed by atoms with Crippen LogP contribution in [-0.4, -0.2) is 30.9 Å². The number of rotatable bonds is 3. The molecule has 2 aromatic carbocycles. The normalized spacial score (nSPS) is 11.3. The van der Waals surface area contributed by atoms with Gasteiger partial charge < -0.3 is 0 Å². The van der Waals surface area contributed by atoms with E-state index in [1.807, 2.05) is 0 Å². The van der Waals surface area contributed by atoms with Crippen LogP contribution in [0, 0.1) is 10.1 Å². The molecule has 0 amide bonds. The fraction of sp³-hybridized carbons (Fsp3) is 0. The lowest BCUT2D eigenvalue weighted by atomic mass is 10.3. The van der Waals surface area contributed by atoms with Crippen molar-refractivity contribution in [2.75, 3.05) is 0 Å². The summed E-state index contributed by atoms with van der Waals surface area (Å²) in [6, 6.07) is 9.19. The van der Waals surface area contributed by atoms with Gasteiger partial charge in [0, 0.05) is 17.2 Å². The lowest BCUT2D eigenvalue weighted by Crippen LogP contribution is -1.97. The number of halogens is 1. The predicted molar refractivity (Wildman–Crippen MR) is 84.2 cm³/mol. The Labute approximate surface area is 142 Å². The van der Waals surface area contributed by atoms with Crippen molar-refractivity contribution in [3.63, 3.8) is 0 Å². The van der Waals surface area contributed by atoms with E-state index >= 15 is 0 Å². The second-order valence-corrected chi connectivity index (χ2v) is 7.43. The number of nitrogens with zero attached hydrogens (tertiary/aromatic N) is 1. The Bertz CT molecular complexity index is 922. The maximum Gasteiger partial charge on any atom is 0.294 e. The first-order valence-corrected chi connectivity index (χ1v) is 9.12. The van der Waals surface area contributed by atoms with Gasteiger partial charge in [-0.2, -0.15) is 16.8 Å². The van der Waals surface area contributed by atoms with E-state index in [-0.39, 0.29) is 15.5 Å². The van der Waals surface area contributed by atoms with Crippen molar-refractivity contribution in [3.05, 3.63) is 63.7 Å². The van der Waals surface area contributed by atoms with E-state index in [1.54, 1.807) is 0 Å². The Morgan fingerprint density at radius 1 is 0.792 bits per heavy atom. The summed E-state index contributed by atoms with van der Waals surface area (Å²) in [7, 11) is -8.35. The third-order valence-electron chi connectivity index (χ3n) is 2.46. The van der Waals surface area contributed by atoms with Gasteiger partial charge in [0.15, 0.2) is 0 Å². The smallest absolute Gasteiger partial charge is 0.282 e. The highest BCUT2D eigenvalue weighted by molar-refractivity contribution is 7.86. The SMILES string of the molecule is O=S(=O)(O)c1ccc(Cl)cc1.O=[N+]([O-])c1ccc(S(=O)(=O)O)cc1. The van der Waals surface area contributed by atoms with Crippen LogP contribution in [-0.2, 0) is 20.2 Å². The molecule has 2 rings (SSSR count). The van der Waals surface area contributed by atoms with Gasteiger partial charge >= 0.3 is 0 Å². The molecule has 9 nitrogen and oxygen atoms in total. The molecule has 0 heterocycles. The molecule has 0 unspecified atom stereocenters. The first kappa shape index (κ1) is 20.0. The highest BCUT2D eigenvalue weighted by atomic mass is 35.5. The average Bonchev–Trinajstić information content (AvgIpc) is 2.46. The van der Waals surface area contributed by atoms with Crippen molar-refractivity contribution >= 4 is 37.5 Å². The highest BCUT2D eigenvalue weighted by Crippen LogP contribution is 2.15. The first-order chi connectivity index (χ1) is 10.9. The molecule has 0 spiro atoms. The number of nitro groups is 1. The van der Waals surface area contributed by atoms with Crippen LogP contribution < -0.4 is 0 Å². The minimum Gasteiger partial charge on any atom is -0.282 e. The Balaban J connectivity index is 0.000000243. The van der Waals surface area contributed by atoms with Crippen molar-refractivity contribution < 1.29 is 30.9 Å². The fourth-order valence-electron chi connectivity index (χ4n) is 1.35. The number of benzene rings is 2. The predicted octanol–water partition coefficient (Wildman–Crippen LogP) is 2.43. The molecule has 0 saturated heterocycles. The first-order valence-electron chi connectivity index (χ1n) is 5.86. The van der Waals surface area contributed by atoms with Gasteiger partial charge in [0.25, 0.3) is 25.9 Å². The van der Waals surface area contributed by atoms with Gasteiger partial charge in [-0.3, -0.25) is 19.2 Å². The lowest BCUT2D eigenvalue weighted by Gasteiger charge is -1.94. The van der Waals surface area contributed by atoms with Crippen molar-refractivity contribution in [1.29, 1.82) is 0 Å².